The molecule has 0 aliphatic rings. The van der Waals surface area contributed by atoms with E-state index in [2.05, 4.69) is 0 Å². The molecule has 2 aromatic carbocycles. The summed E-state index contributed by atoms with van der Waals surface area (Å²) in [5.74, 6) is -0.622. The molecule has 0 bridgehead atoms. The fourth-order valence-corrected chi connectivity index (χ4v) is 1.98. The molecule has 0 radical (unpaired) electrons. The van der Waals surface area contributed by atoms with Crippen LogP contribution >= 0.6 is 0 Å². The normalized spacial score (nSPS) is 13.3. The Balaban J connectivity index is 2.28. The van der Waals surface area contributed by atoms with E-state index in [0.29, 0.717) is 0 Å². The summed E-state index contributed by atoms with van der Waals surface area (Å²) >= 11 is 0. The van der Waals surface area contributed by atoms with E-state index in [1.54, 1.807) is 0 Å². The largest absolute Gasteiger partial charge is 0.525 e. The predicted octanol–water partition coefficient (Wildman–Crippen LogP) is 0.0436. The molecule has 2 rings (SSSR count). The average Bonchev–Trinajstić information content (AvgIpc) is 2.53. The van der Waals surface area contributed by atoms with Crippen molar-refractivity contribution in [2.45, 2.75) is 19.1 Å². The summed E-state index contributed by atoms with van der Waals surface area (Å²) in [5.41, 5.74) is 7.35. The Labute approximate surface area is 124 Å². The monoisotopic (exact) mass is 283 g/mol. The van der Waals surface area contributed by atoms with Gasteiger partial charge in [0, 0.05) is 0 Å². The minimum absolute atomic E-state index is 0.537. The highest BCUT2D eigenvalue weighted by Crippen LogP contribution is 1.99. The quantitative estimate of drug-likeness (QED) is 0.760. The molecule has 2 atom stereocenters. The summed E-state index contributed by atoms with van der Waals surface area (Å²) in [6.07, 6.45) is -0.954. The van der Waals surface area contributed by atoms with Crippen molar-refractivity contribution in [3.05, 3.63) is 60.7 Å². The fourth-order valence-electron chi connectivity index (χ4n) is 1.98. The number of rotatable bonds is 5. The van der Waals surface area contributed by atoms with Crippen molar-refractivity contribution in [3.8, 4) is 0 Å². The summed E-state index contributed by atoms with van der Waals surface area (Å²) in [6, 6.07) is 17.8. The Morgan fingerprint density at radius 1 is 1.05 bits per heavy atom. The molecule has 108 valence electrons. The Morgan fingerprint density at radius 3 is 1.86 bits per heavy atom. The third-order valence-electron chi connectivity index (χ3n) is 3.23. The molecular weight excluding hydrogens is 265 g/mol. The van der Waals surface area contributed by atoms with E-state index < -0.39 is 25.0 Å². The summed E-state index contributed by atoms with van der Waals surface area (Å²) in [7, 11) is 0. The molecule has 0 unspecified atom stereocenters. The number of benzene rings is 2. The predicted molar refractivity (Wildman–Crippen MR) is 83.7 cm³/mol. The highest BCUT2D eigenvalue weighted by Gasteiger charge is 2.29. The van der Waals surface area contributed by atoms with E-state index in [1.165, 1.54) is 6.92 Å². The lowest BCUT2D eigenvalue weighted by atomic mass is 9.55. The molecule has 0 aliphatic heterocycles. The number of carbonyl (C=O) groups is 1. The molecule has 0 aliphatic carbocycles. The summed E-state index contributed by atoms with van der Waals surface area (Å²) in [6.45, 7) is 0.927. The van der Waals surface area contributed by atoms with Gasteiger partial charge >= 0.3 is 12.9 Å². The zero-order valence-electron chi connectivity index (χ0n) is 11.8. The molecule has 0 aromatic heterocycles. The third kappa shape index (κ3) is 3.94. The summed E-state index contributed by atoms with van der Waals surface area (Å²) in [4.78, 5) is 12.0. The van der Waals surface area contributed by atoms with Crippen LogP contribution in [0.1, 0.15) is 6.92 Å². The number of hydrogen-bond acceptors (Lipinski definition) is 4. The molecule has 0 saturated heterocycles. The first kappa shape index (κ1) is 15.3. The first-order chi connectivity index (χ1) is 10.1. The topological polar surface area (TPSA) is 72.5 Å². The van der Waals surface area contributed by atoms with Crippen molar-refractivity contribution in [1.29, 1.82) is 0 Å². The lowest BCUT2D eigenvalue weighted by Gasteiger charge is -2.19. The highest BCUT2D eigenvalue weighted by molar-refractivity contribution is 6.81. The Bertz CT molecular complexity index is 535. The van der Waals surface area contributed by atoms with Gasteiger partial charge in [-0.05, 0) is 17.8 Å². The number of hydrogen-bond donors (Lipinski definition) is 2. The van der Waals surface area contributed by atoms with Crippen LogP contribution in [0.25, 0.3) is 0 Å². The van der Waals surface area contributed by atoms with Crippen LogP contribution in [0.15, 0.2) is 60.7 Å². The van der Waals surface area contributed by atoms with E-state index in [4.69, 9.17) is 10.4 Å². The van der Waals surface area contributed by atoms with Gasteiger partial charge in [-0.3, -0.25) is 4.79 Å². The van der Waals surface area contributed by atoms with Crippen LogP contribution in [0.3, 0.4) is 0 Å². The van der Waals surface area contributed by atoms with E-state index in [-0.39, 0.29) is 0 Å². The maximum Gasteiger partial charge on any atom is 0.429 e. The number of aliphatic hydroxyl groups excluding tert-OH is 1. The first-order valence-corrected chi connectivity index (χ1v) is 6.83. The van der Waals surface area contributed by atoms with Gasteiger partial charge in [-0.1, -0.05) is 60.7 Å². The van der Waals surface area contributed by atoms with Gasteiger partial charge in [0.15, 0.2) is 0 Å². The van der Waals surface area contributed by atoms with E-state index >= 15 is 0 Å². The Hall–Kier alpha value is -2.11. The van der Waals surface area contributed by atoms with Gasteiger partial charge < -0.3 is 15.5 Å². The van der Waals surface area contributed by atoms with Gasteiger partial charge in [0.1, 0.15) is 6.04 Å². The molecule has 0 heterocycles. The molecule has 21 heavy (non-hydrogen) atoms. The van der Waals surface area contributed by atoms with Crippen LogP contribution in [0, 0.1) is 0 Å². The van der Waals surface area contributed by atoms with Crippen LogP contribution in [0.4, 0.5) is 0 Å². The maximum atomic E-state index is 12.0. The number of aliphatic hydroxyl groups is 1. The van der Waals surface area contributed by atoms with Gasteiger partial charge in [-0.25, -0.2) is 0 Å². The smallest absolute Gasteiger partial charge is 0.429 e. The van der Waals surface area contributed by atoms with Crippen LogP contribution in [-0.4, -0.2) is 30.1 Å². The molecule has 0 saturated carbocycles. The first-order valence-electron chi connectivity index (χ1n) is 6.83. The number of carbonyl (C=O) groups excluding carboxylic acids is 1. The zero-order chi connectivity index (χ0) is 15.2. The molecule has 5 heteroatoms. The summed E-state index contributed by atoms with van der Waals surface area (Å²) in [5, 5.41) is 9.42. The Morgan fingerprint density at radius 2 is 1.48 bits per heavy atom. The fraction of sp³-hybridized carbons (Fsp3) is 0.188. The van der Waals surface area contributed by atoms with Gasteiger partial charge in [0.25, 0.3) is 0 Å². The van der Waals surface area contributed by atoms with Crippen molar-refractivity contribution in [2.75, 3.05) is 0 Å². The second-order valence-electron chi connectivity index (χ2n) is 4.90. The minimum atomic E-state index is -1.06. The van der Waals surface area contributed by atoms with Crippen molar-refractivity contribution in [2.24, 2.45) is 5.73 Å². The molecule has 2 aromatic rings. The Kier molecular flexibility index (Phi) is 5.14. The zero-order valence-corrected chi connectivity index (χ0v) is 11.8. The second-order valence-corrected chi connectivity index (χ2v) is 4.90. The van der Waals surface area contributed by atoms with Crippen molar-refractivity contribution < 1.29 is 14.6 Å². The second kappa shape index (κ2) is 7.06. The minimum Gasteiger partial charge on any atom is -0.525 e. The van der Waals surface area contributed by atoms with E-state index in [1.807, 2.05) is 60.7 Å². The van der Waals surface area contributed by atoms with Crippen molar-refractivity contribution in [3.63, 3.8) is 0 Å². The molecule has 0 spiro atoms. The molecule has 0 fully saturated rings. The van der Waals surface area contributed by atoms with Gasteiger partial charge in [0.2, 0.25) is 0 Å². The van der Waals surface area contributed by atoms with Gasteiger partial charge in [0.05, 0.1) is 6.10 Å². The maximum absolute atomic E-state index is 12.0. The van der Waals surface area contributed by atoms with Gasteiger partial charge in [-0.15, -0.1) is 0 Å². The summed E-state index contributed by atoms with van der Waals surface area (Å²) < 4.78 is 5.52. The van der Waals surface area contributed by atoms with E-state index in [9.17, 15) is 9.90 Å². The molecular formula is C16H18BNO3. The van der Waals surface area contributed by atoms with Crippen LogP contribution in [-0.2, 0) is 9.45 Å². The SMILES string of the molecule is C[C@H](O)[C@@H](N)C(=O)OB(c1ccccc1)c1ccccc1. The average molecular weight is 283 g/mol. The highest BCUT2D eigenvalue weighted by atomic mass is 16.5. The van der Waals surface area contributed by atoms with Gasteiger partial charge in [-0.2, -0.15) is 0 Å². The van der Waals surface area contributed by atoms with Crippen molar-refractivity contribution >= 4 is 23.8 Å². The van der Waals surface area contributed by atoms with Crippen LogP contribution in [0.5, 0.6) is 0 Å². The van der Waals surface area contributed by atoms with Crippen LogP contribution < -0.4 is 16.7 Å². The van der Waals surface area contributed by atoms with E-state index in [0.717, 1.165) is 10.9 Å². The molecule has 4 nitrogen and oxygen atoms in total. The van der Waals surface area contributed by atoms with Crippen LogP contribution in [0.2, 0.25) is 0 Å². The lowest BCUT2D eigenvalue weighted by molar-refractivity contribution is -0.138. The number of nitrogens with two attached hydrogens (primary N) is 1. The molecule has 3 N–H and O–H groups in total. The standard InChI is InChI=1S/C16H18BNO3/c1-12(19)15(18)16(20)21-17(13-8-4-2-5-9-13)14-10-6-3-7-11-14/h2-12,15,19H,18H2,1H3/t12-,15+/m0/s1. The van der Waals surface area contributed by atoms with Crippen molar-refractivity contribution in [1.82, 2.24) is 0 Å². The molecule has 0 amide bonds. The third-order valence-corrected chi connectivity index (χ3v) is 3.23. The lowest BCUT2D eigenvalue weighted by Crippen LogP contribution is -2.51.